The minimum absolute atomic E-state index is 0.0768. The number of hydrogen-bond donors (Lipinski definition) is 2. The van der Waals surface area contributed by atoms with Crippen molar-refractivity contribution in [1.82, 2.24) is 10.2 Å². The Kier molecular flexibility index (Phi) is 6.49. The van der Waals surface area contributed by atoms with Crippen molar-refractivity contribution in [3.63, 3.8) is 0 Å². The first kappa shape index (κ1) is 20.6. The number of benzene rings is 1. The van der Waals surface area contributed by atoms with Crippen LogP contribution in [0.5, 0.6) is 0 Å². The molecule has 1 fully saturated rings. The number of aliphatic imine (C=N–C) groups is 1. The molecule has 9 heteroatoms. The zero-order chi connectivity index (χ0) is 20.9. The van der Waals surface area contributed by atoms with Crippen LogP contribution in [0.25, 0.3) is 0 Å². The van der Waals surface area contributed by atoms with Crippen LogP contribution < -0.4 is 10.6 Å². The number of anilines is 1. The molecule has 1 aromatic heterocycles. The molecular weight excluding hydrogens is 420 g/mol. The maximum absolute atomic E-state index is 12.4. The van der Waals surface area contributed by atoms with Gasteiger partial charge >= 0.3 is 0 Å². The molecule has 0 radical (unpaired) electrons. The van der Waals surface area contributed by atoms with Gasteiger partial charge in [0.05, 0.1) is 6.54 Å². The van der Waals surface area contributed by atoms with Gasteiger partial charge in [0.1, 0.15) is 5.25 Å². The average Bonchev–Trinajstić information content (AvgIpc) is 3.50. The second-order valence-corrected chi connectivity index (χ2v) is 9.33. The average molecular weight is 443 g/mol. The number of nitrogens with one attached hydrogen (secondary N) is 2. The molecule has 2 aliphatic rings. The number of amides is 3. The fourth-order valence-electron chi connectivity index (χ4n) is 3.32. The SMILES string of the molecule is O=C(CC1SC(N2CCCC2)=NC1=O)Nc1ccc(C(=O)NCc2cccs2)cc1. The molecule has 0 aliphatic carbocycles. The van der Waals surface area contributed by atoms with E-state index < -0.39 is 5.25 Å². The molecule has 1 atom stereocenters. The lowest BCUT2D eigenvalue weighted by atomic mass is 10.2. The first-order chi connectivity index (χ1) is 14.6. The Morgan fingerprint density at radius 3 is 2.60 bits per heavy atom. The minimum atomic E-state index is -0.470. The number of thioether (sulfide) groups is 1. The highest BCUT2D eigenvalue weighted by Crippen LogP contribution is 2.29. The van der Waals surface area contributed by atoms with Crippen LogP contribution in [-0.2, 0) is 16.1 Å². The van der Waals surface area contributed by atoms with Gasteiger partial charge in [-0.1, -0.05) is 17.8 Å². The summed E-state index contributed by atoms with van der Waals surface area (Å²) in [4.78, 5) is 44.1. The van der Waals surface area contributed by atoms with Gasteiger partial charge in [-0.25, -0.2) is 0 Å². The van der Waals surface area contributed by atoms with E-state index in [4.69, 9.17) is 0 Å². The molecule has 3 amide bonds. The van der Waals surface area contributed by atoms with E-state index in [1.807, 2.05) is 17.5 Å². The summed E-state index contributed by atoms with van der Waals surface area (Å²) in [7, 11) is 0. The molecule has 0 saturated carbocycles. The third-order valence-corrected chi connectivity index (χ3v) is 7.00. The van der Waals surface area contributed by atoms with Gasteiger partial charge in [-0.05, 0) is 48.6 Å². The van der Waals surface area contributed by atoms with Crippen molar-refractivity contribution in [2.45, 2.75) is 31.1 Å². The number of nitrogens with zero attached hydrogens (tertiary/aromatic N) is 2. The molecule has 1 unspecified atom stereocenters. The number of hydrogen-bond acceptors (Lipinski definition) is 6. The van der Waals surface area contributed by atoms with E-state index in [-0.39, 0.29) is 24.1 Å². The predicted octanol–water partition coefficient (Wildman–Crippen LogP) is 3.10. The van der Waals surface area contributed by atoms with Crippen molar-refractivity contribution in [1.29, 1.82) is 0 Å². The Bertz CT molecular complexity index is 951. The third kappa shape index (κ3) is 5.09. The molecular formula is C21H22N4O3S2. The largest absolute Gasteiger partial charge is 0.351 e. The summed E-state index contributed by atoms with van der Waals surface area (Å²) in [6.45, 7) is 2.33. The van der Waals surface area contributed by atoms with Gasteiger partial charge in [-0.2, -0.15) is 4.99 Å². The molecule has 30 heavy (non-hydrogen) atoms. The maximum Gasteiger partial charge on any atom is 0.262 e. The van der Waals surface area contributed by atoms with Crippen LogP contribution in [0.4, 0.5) is 5.69 Å². The summed E-state index contributed by atoms with van der Waals surface area (Å²) < 4.78 is 0. The predicted molar refractivity (Wildman–Crippen MR) is 120 cm³/mol. The first-order valence-corrected chi connectivity index (χ1v) is 11.6. The number of carbonyl (C=O) groups is 3. The third-order valence-electron chi connectivity index (χ3n) is 4.91. The molecule has 7 nitrogen and oxygen atoms in total. The van der Waals surface area contributed by atoms with Crippen molar-refractivity contribution < 1.29 is 14.4 Å². The summed E-state index contributed by atoms with van der Waals surface area (Å²) in [6.07, 6.45) is 2.30. The van der Waals surface area contributed by atoms with Crippen LogP contribution in [0.1, 0.15) is 34.5 Å². The summed E-state index contributed by atoms with van der Waals surface area (Å²) in [6, 6.07) is 10.6. The molecule has 2 aromatic rings. The van der Waals surface area contributed by atoms with Crippen molar-refractivity contribution in [2.24, 2.45) is 4.99 Å². The van der Waals surface area contributed by atoms with Crippen LogP contribution in [0.2, 0.25) is 0 Å². The summed E-state index contributed by atoms with van der Waals surface area (Å²) >= 11 is 2.97. The van der Waals surface area contributed by atoms with Gasteiger partial charge in [-0.3, -0.25) is 14.4 Å². The fourth-order valence-corrected chi connectivity index (χ4v) is 5.08. The number of rotatable bonds is 6. The molecule has 1 aromatic carbocycles. The van der Waals surface area contributed by atoms with Crippen LogP contribution in [0.15, 0.2) is 46.8 Å². The highest BCUT2D eigenvalue weighted by molar-refractivity contribution is 8.15. The number of carbonyl (C=O) groups excluding carboxylic acids is 3. The van der Waals surface area contributed by atoms with Crippen LogP contribution >= 0.6 is 23.1 Å². The van der Waals surface area contributed by atoms with Crippen molar-refractivity contribution in [3.8, 4) is 0 Å². The van der Waals surface area contributed by atoms with Crippen LogP contribution in [-0.4, -0.2) is 46.1 Å². The number of amidine groups is 1. The van der Waals surface area contributed by atoms with Gasteiger partial charge in [0.2, 0.25) is 5.91 Å². The molecule has 1 saturated heterocycles. The van der Waals surface area contributed by atoms with Gasteiger partial charge in [0.15, 0.2) is 5.17 Å². The Balaban J connectivity index is 1.25. The fraction of sp³-hybridized carbons (Fsp3) is 0.333. The molecule has 3 heterocycles. The normalized spacial score (nSPS) is 18.4. The lowest BCUT2D eigenvalue weighted by Crippen LogP contribution is -2.25. The van der Waals surface area contributed by atoms with Gasteiger partial charge in [-0.15, -0.1) is 11.3 Å². The van der Waals surface area contributed by atoms with E-state index in [0.717, 1.165) is 36.0 Å². The molecule has 4 rings (SSSR count). The van der Waals surface area contributed by atoms with E-state index >= 15 is 0 Å². The quantitative estimate of drug-likeness (QED) is 0.717. The Morgan fingerprint density at radius 2 is 1.90 bits per heavy atom. The van der Waals surface area contributed by atoms with Crippen molar-refractivity contribution in [3.05, 3.63) is 52.2 Å². The van der Waals surface area contributed by atoms with Crippen LogP contribution in [0, 0.1) is 0 Å². The second kappa shape index (κ2) is 9.44. The topological polar surface area (TPSA) is 90.9 Å². The van der Waals surface area contributed by atoms with Gasteiger partial charge < -0.3 is 15.5 Å². The smallest absolute Gasteiger partial charge is 0.262 e. The lowest BCUT2D eigenvalue weighted by molar-refractivity contribution is -0.121. The zero-order valence-corrected chi connectivity index (χ0v) is 17.9. The van der Waals surface area contributed by atoms with Crippen molar-refractivity contribution >= 4 is 51.7 Å². The monoisotopic (exact) mass is 442 g/mol. The zero-order valence-electron chi connectivity index (χ0n) is 16.3. The minimum Gasteiger partial charge on any atom is -0.351 e. The van der Waals surface area contributed by atoms with E-state index in [9.17, 15) is 14.4 Å². The molecule has 2 aliphatic heterocycles. The molecule has 2 N–H and O–H groups in total. The van der Waals surface area contributed by atoms with E-state index in [0.29, 0.717) is 17.8 Å². The van der Waals surface area contributed by atoms with Gasteiger partial charge in [0.25, 0.3) is 11.8 Å². The van der Waals surface area contributed by atoms with E-state index in [2.05, 4.69) is 20.5 Å². The second-order valence-electron chi connectivity index (χ2n) is 7.12. The maximum atomic E-state index is 12.4. The lowest BCUT2D eigenvalue weighted by Gasteiger charge is -2.16. The Labute approximate surface area is 182 Å². The summed E-state index contributed by atoms with van der Waals surface area (Å²) in [5.74, 6) is -0.649. The highest BCUT2D eigenvalue weighted by Gasteiger charge is 2.33. The van der Waals surface area contributed by atoms with Crippen LogP contribution in [0.3, 0.4) is 0 Å². The summed E-state index contributed by atoms with van der Waals surface area (Å²) in [5.41, 5.74) is 1.11. The van der Waals surface area contributed by atoms with Gasteiger partial charge in [0, 0.05) is 35.6 Å². The van der Waals surface area contributed by atoms with E-state index in [1.54, 1.807) is 35.6 Å². The molecule has 156 valence electrons. The van der Waals surface area contributed by atoms with E-state index in [1.165, 1.54) is 11.8 Å². The molecule has 0 bridgehead atoms. The Hall–Kier alpha value is -2.65. The highest BCUT2D eigenvalue weighted by atomic mass is 32.2. The molecule has 0 spiro atoms. The number of thiophene rings is 1. The standard InChI is InChI=1S/C21H22N4O3S2/c26-18(12-17-20(28)24-21(30-17)25-9-1-2-10-25)23-15-7-5-14(6-8-15)19(27)22-13-16-4-3-11-29-16/h3-8,11,17H,1-2,9-10,12-13H2,(H,22,27)(H,23,26). The first-order valence-electron chi connectivity index (χ1n) is 9.83. The Morgan fingerprint density at radius 1 is 1.13 bits per heavy atom. The van der Waals surface area contributed by atoms with Crippen molar-refractivity contribution in [2.75, 3.05) is 18.4 Å². The number of likely N-dealkylation sites (tertiary alicyclic amines) is 1. The summed E-state index contributed by atoms with van der Waals surface area (Å²) in [5, 5.41) is 7.91.